The fourth-order valence-corrected chi connectivity index (χ4v) is 3.53. The van der Waals surface area contributed by atoms with Gasteiger partial charge in [-0.15, -0.1) is 0 Å². The molecule has 1 saturated heterocycles. The molecular formula is C22H27NO3. The summed E-state index contributed by atoms with van der Waals surface area (Å²) in [6, 6.07) is 14.9. The molecule has 2 aromatic carbocycles. The zero-order valence-electron chi connectivity index (χ0n) is 15.5. The van der Waals surface area contributed by atoms with E-state index in [9.17, 15) is 9.90 Å². The third-order valence-electron chi connectivity index (χ3n) is 4.75. The largest absolute Gasteiger partial charge is 0.508 e. The lowest BCUT2D eigenvalue weighted by atomic mass is 9.89. The first kappa shape index (κ1) is 18.5. The van der Waals surface area contributed by atoms with Crippen LogP contribution in [0.5, 0.6) is 11.5 Å². The predicted octanol–water partition coefficient (Wildman–Crippen LogP) is 4.27. The maximum atomic E-state index is 13.0. The number of hydrogen-bond donors (Lipinski definition) is 1. The smallest absolute Gasteiger partial charge is 0.167 e. The highest BCUT2D eigenvalue weighted by atomic mass is 16.5. The molecule has 0 bridgehead atoms. The van der Waals surface area contributed by atoms with Crippen molar-refractivity contribution >= 4 is 5.78 Å². The molecule has 4 heteroatoms. The Morgan fingerprint density at radius 1 is 1.23 bits per heavy atom. The normalized spacial score (nSPS) is 18.0. The lowest BCUT2D eigenvalue weighted by Gasteiger charge is -2.32. The van der Waals surface area contributed by atoms with Crippen LogP contribution in [-0.2, 0) is 6.54 Å². The summed E-state index contributed by atoms with van der Waals surface area (Å²) in [5.41, 5.74) is 1.63. The van der Waals surface area contributed by atoms with Gasteiger partial charge in [-0.3, -0.25) is 9.69 Å². The van der Waals surface area contributed by atoms with Crippen molar-refractivity contribution in [1.82, 2.24) is 4.90 Å². The monoisotopic (exact) mass is 353 g/mol. The van der Waals surface area contributed by atoms with Crippen molar-refractivity contribution in [3.63, 3.8) is 0 Å². The summed E-state index contributed by atoms with van der Waals surface area (Å²) in [4.78, 5) is 15.2. The lowest BCUT2D eigenvalue weighted by Crippen LogP contribution is -2.38. The minimum Gasteiger partial charge on any atom is -0.508 e. The van der Waals surface area contributed by atoms with Gasteiger partial charge in [0.05, 0.1) is 6.10 Å². The standard InChI is InChI=1S/C22H27NO3/c1-16(2)26-20-10-5-8-17(13-20)22(25)19-9-6-12-23(15-19)14-18-7-3-4-11-21(18)24/h3-5,7-8,10-11,13,16,19,24H,6,9,12,14-15H2,1-2H3/t19-/m0/s1. The molecule has 0 saturated carbocycles. The van der Waals surface area contributed by atoms with Crippen LogP contribution in [0.15, 0.2) is 48.5 Å². The Bertz CT molecular complexity index is 757. The molecule has 1 N–H and O–H groups in total. The number of piperidine rings is 1. The molecule has 1 heterocycles. The Morgan fingerprint density at radius 2 is 2.04 bits per heavy atom. The molecule has 0 radical (unpaired) electrons. The molecule has 1 aliphatic heterocycles. The Balaban J connectivity index is 1.67. The number of para-hydroxylation sites is 1. The predicted molar refractivity (Wildman–Crippen MR) is 103 cm³/mol. The van der Waals surface area contributed by atoms with E-state index >= 15 is 0 Å². The quantitative estimate of drug-likeness (QED) is 0.788. The van der Waals surface area contributed by atoms with Crippen LogP contribution in [0.2, 0.25) is 0 Å². The second-order valence-corrected chi connectivity index (χ2v) is 7.26. The van der Waals surface area contributed by atoms with Crippen LogP contribution in [-0.4, -0.2) is 35.0 Å². The van der Waals surface area contributed by atoms with E-state index in [1.165, 1.54) is 0 Å². The number of ether oxygens (including phenoxy) is 1. The summed E-state index contributed by atoms with van der Waals surface area (Å²) in [5.74, 6) is 1.23. The second kappa shape index (κ2) is 8.37. The summed E-state index contributed by atoms with van der Waals surface area (Å²) < 4.78 is 5.72. The van der Waals surface area contributed by atoms with E-state index in [2.05, 4.69) is 4.90 Å². The van der Waals surface area contributed by atoms with Gasteiger partial charge in [0.2, 0.25) is 0 Å². The van der Waals surface area contributed by atoms with Gasteiger partial charge in [0, 0.05) is 30.1 Å². The van der Waals surface area contributed by atoms with Crippen molar-refractivity contribution in [2.45, 2.75) is 39.3 Å². The number of aromatic hydroxyl groups is 1. The zero-order valence-corrected chi connectivity index (χ0v) is 15.5. The number of phenolic OH excluding ortho intramolecular Hbond substituents is 1. The molecule has 1 fully saturated rings. The number of likely N-dealkylation sites (tertiary alicyclic amines) is 1. The van der Waals surface area contributed by atoms with E-state index in [1.807, 2.05) is 56.3 Å². The lowest BCUT2D eigenvalue weighted by molar-refractivity contribution is 0.0810. The van der Waals surface area contributed by atoms with Crippen LogP contribution in [0, 0.1) is 5.92 Å². The molecule has 1 aliphatic rings. The molecule has 3 rings (SSSR count). The highest BCUT2D eigenvalue weighted by molar-refractivity contribution is 5.98. The SMILES string of the molecule is CC(C)Oc1cccc(C(=O)[C@H]2CCCN(Cc3ccccc3O)C2)c1. The minimum atomic E-state index is -0.0103. The highest BCUT2D eigenvalue weighted by Gasteiger charge is 2.27. The number of carbonyl (C=O) groups is 1. The number of benzene rings is 2. The summed E-state index contributed by atoms with van der Waals surface area (Å²) >= 11 is 0. The molecule has 0 unspecified atom stereocenters. The number of Topliss-reactive ketones (excluding diaryl/α,β-unsaturated/α-hetero) is 1. The van der Waals surface area contributed by atoms with Gasteiger partial charge in [-0.25, -0.2) is 0 Å². The number of nitrogens with zero attached hydrogens (tertiary/aromatic N) is 1. The maximum absolute atomic E-state index is 13.0. The minimum absolute atomic E-state index is 0.0103. The average Bonchev–Trinajstić information content (AvgIpc) is 2.63. The topological polar surface area (TPSA) is 49.8 Å². The fraction of sp³-hybridized carbons (Fsp3) is 0.409. The van der Waals surface area contributed by atoms with Crippen LogP contribution in [0.25, 0.3) is 0 Å². The summed E-state index contributed by atoms with van der Waals surface area (Å²) in [5, 5.41) is 9.99. The average molecular weight is 353 g/mol. The van der Waals surface area contributed by atoms with Crippen LogP contribution in [0.4, 0.5) is 0 Å². The number of rotatable bonds is 6. The molecule has 0 aromatic heterocycles. The fourth-order valence-electron chi connectivity index (χ4n) is 3.53. The first-order valence-electron chi connectivity index (χ1n) is 9.33. The molecule has 138 valence electrons. The van der Waals surface area contributed by atoms with Gasteiger partial charge < -0.3 is 9.84 Å². The summed E-state index contributed by atoms with van der Waals surface area (Å²) in [6.07, 6.45) is 1.99. The summed E-state index contributed by atoms with van der Waals surface area (Å²) in [7, 11) is 0. The van der Waals surface area contributed by atoms with E-state index in [0.29, 0.717) is 12.3 Å². The number of hydrogen-bond acceptors (Lipinski definition) is 4. The maximum Gasteiger partial charge on any atom is 0.167 e. The number of phenols is 1. The molecule has 2 aromatic rings. The summed E-state index contributed by atoms with van der Waals surface area (Å²) in [6.45, 7) is 6.31. The van der Waals surface area contributed by atoms with Crippen LogP contribution < -0.4 is 4.74 Å². The van der Waals surface area contributed by atoms with E-state index in [1.54, 1.807) is 6.07 Å². The van der Waals surface area contributed by atoms with E-state index in [-0.39, 0.29) is 17.8 Å². The molecule has 1 atom stereocenters. The Hall–Kier alpha value is -2.33. The van der Waals surface area contributed by atoms with Crippen molar-refractivity contribution < 1.29 is 14.6 Å². The molecule has 0 aliphatic carbocycles. The van der Waals surface area contributed by atoms with E-state index in [0.717, 1.165) is 42.8 Å². The van der Waals surface area contributed by atoms with Gasteiger partial charge in [-0.1, -0.05) is 30.3 Å². The second-order valence-electron chi connectivity index (χ2n) is 7.26. The zero-order chi connectivity index (χ0) is 18.5. The van der Waals surface area contributed by atoms with Crippen molar-refractivity contribution in [1.29, 1.82) is 0 Å². The van der Waals surface area contributed by atoms with Crippen LogP contribution in [0.1, 0.15) is 42.6 Å². The van der Waals surface area contributed by atoms with Gasteiger partial charge in [0.1, 0.15) is 11.5 Å². The Labute approximate surface area is 155 Å². The molecular weight excluding hydrogens is 326 g/mol. The Morgan fingerprint density at radius 3 is 2.81 bits per heavy atom. The van der Waals surface area contributed by atoms with Gasteiger partial charge in [0.15, 0.2) is 5.78 Å². The van der Waals surface area contributed by atoms with Gasteiger partial charge in [-0.05, 0) is 51.4 Å². The van der Waals surface area contributed by atoms with E-state index < -0.39 is 0 Å². The number of carbonyl (C=O) groups excluding carboxylic acids is 1. The third kappa shape index (κ3) is 4.64. The van der Waals surface area contributed by atoms with Crippen LogP contribution >= 0.6 is 0 Å². The van der Waals surface area contributed by atoms with Crippen LogP contribution in [0.3, 0.4) is 0 Å². The Kier molecular flexibility index (Phi) is 5.94. The third-order valence-corrected chi connectivity index (χ3v) is 4.75. The first-order chi connectivity index (χ1) is 12.5. The molecule has 0 spiro atoms. The van der Waals surface area contributed by atoms with Crippen molar-refractivity contribution in [2.75, 3.05) is 13.1 Å². The highest BCUT2D eigenvalue weighted by Crippen LogP contribution is 2.26. The van der Waals surface area contributed by atoms with Gasteiger partial charge in [0.25, 0.3) is 0 Å². The van der Waals surface area contributed by atoms with Gasteiger partial charge >= 0.3 is 0 Å². The van der Waals surface area contributed by atoms with Crippen molar-refractivity contribution in [2.24, 2.45) is 5.92 Å². The van der Waals surface area contributed by atoms with Crippen molar-refractivity contribution in [3.8, 4) is 11.5 Å². The number of ketones is 1. The van der Waals surface area contributed by atoms with Gasteiger partial charge in [-0.2, -0.15) is 0 Å². The van der Waals surface area contributed by atoms with E-state index in [4.69, 9.17) is 4.74 Å². The molecule has 4 nitrogen and oxygen atoms in total. The molecule has 26 heavy (non-hydrogen) atoms. The molecule has 0 amide bonds. The first-order valence-corrected chi connectivity index (χ1v) is 9.33. The van der Waals surface area contributed by atoms with Crippen molar-refractivity contribution in [3.05, 3.63) is 59.7 Å².